The molecule has 72 valence electrons. The maximum absolute atomic E-state index is 5.71. The van der Waals surface area contributed by atoms with Crippen LogP contribution in [0.2, 0.25) is 0 Å². The monoisotopic (exact) mass is 206 g/mol. The third-order valence-electron chi connectivity index (χ3n) is 2.21. The van der Waals surface area contributed by atoms with Gasteiger partial charge in [0, 0.05) is 11.1 Å². The number of halogens is 1. The minimum absolute atomic E-state index is 0.366. The highest BCUT2D eigenvalue weighted by Crippen LogP contribution is 2.17. The zero-order chi connectivity index (χ0) is 10.1. The summed E-state index contributed by atoms with van der Waals surface area (Å²) in [5.74, 6) is 1.06. The van der Waals surface area contributed by atoms with Gasteiger partial charge in [0.2, 0.25) is 0 Å². The zero-order valence-corrected chi connectivity index (χ0v) is 8.97. The molecule has 0 spiro atoms. The van der Waals surface area contributed by atoms with E-state index in [1.54, 1.807) is 0 Å². The van der Waals surface area contributed by atoms with Gasteiger partial charge in [-0.15, -0.1) is 11.6 Å². The first kappa shape index (κ1) is 9.41. The lowest BCUT2D eigenvalue weighted by Crippen LogP contribution is -1.95. The largest absolute Gasteiger partial charge is 0.236 e. The molecule has 0 N–H and O–H groups in total. The first-order valence-electron chi connectivity index (χ1n) is 4.50. The Morgan fingerprint density at radius 1 is 1.21 bits per heavy atom. The number of alkyl halides is 1. The number of benzene rings is 1. The third kappa shape index (κ3) is 1.58. The Balaban J connectivity index is 2.76. The van der Waals surface area contributed by atoms with Gasteiger partial charge in [0.05, 0.1) is 11.4 Å². The standard InChI is InChI=1S/C11H11ClN2/c1-7-3-4-10-9(5-7)8(2)13-11(6-12)14-10/h3-5H,6H2,1-2H3. The van der Waals surface area contributed by atoms with E-state index < -0.39 is 0 Å². The molecular weight excluding hydrogens is 196 g/mol. The van der Waals surface area contributed by atoms with Crippen LogP contribution in [0, 0.1) is 13.8 Å². The second-order valence-corrected chi connectivity index (χ2v) is 3.65. The van der Waals surface area contributed by atoms with Crippen LogP contribution >= 0.6 is 11.6 Å². The van der Waals surface area contributed by atoms with Crippen LogP contribution in [-0.4, -0.2) is 9.97 Å². The molecule has 2 aromatic rings. The molecule has 14 heavy (non-hydrogen) atoms. The Hall–Kier alpha value is -1.15. The molecule has 0 atom stereocenters. The average molecular weight is 207 g/mol. The molecule has 1 aromatic heterocycles. The van der Waals surface area contributed by atoms with E-state index in [1.807, 2.05) is 19.1 Å². The molecule has 2 nitrogen and oxygen atoms in total. The molecule has 1 aromatic carbocycles. The zero-order valence-electron chi connectivity index (χ0n) is 8.21. The molecule has 2 rings (SSSR count). The van der Waals surface area contributed by atoms with Crippen LogP contribution in [0.15, 0.2) is 18.2 Å². The molecule has 0 amide bonds. The van der Waals surface area contributed by atoms with E-state index in [0.717, 1.165) is 16.6 Å². The molecule has 0 radical (unpaired) electrons. The van der Waals surface area contributed by atoms with Gasteiger partial charge >= 0.3 is 0 Å². The quantitative estimate of drug-likeness (QED) is 0.671. The van der Waals surface area contributed by atoms with Crippen molar-refractivity contribution in [1.29, 1.82) is 0 Å². The van der Waals surface area contributed by atoms with Gasteiger partial charge < -0.3 is 0 Å². The minimum atomic E-state index is 0.366. The van der Waals surface area contributed by atoms with Crippen LogP contribution in [0.5, 0.6) is 0 Å². The van der Waals surface area contributed by atoms with Gasteiger partial charge in [-0.25, -0.2) is 9.97 Å². The van der Waals surface area contributed by atoms with E-state index in [0.29, 0.717) is 11.7 Å². The Kier molecular flexibility index (Phi) is 2.38. The summed E-state index contributed by atoms with van der Waals surface area (Å²) in [6, 6.07) is 6.16. The molecule has 0 fully saturated rings. The van der Waals surface area contributed by atoms with Gasteiger partial charge in [0.1, 0.15) is 5.82 Å². The maximum Gasteiger partial charge on any atom is 0.144 e. The van der Waals surface area contributed by atoms with Crippen molar-refractivity contribution in [2.75, 3.05) is 0 Å². The first-order chi connectivity index (χ1) is 6.70. The summed E-state index contributed by atoms with van der Waals surface area (Å²) >= 11 is 5.71. The number of hydrogen-bond acceptors (Lipinski definition) is 2. The van der Waals surface area contributed by atoms with Crippen molar-refractivity contribution >= 4 is 22.5 Å². The van der Waals surface area contributed by atoms with Crippen molar-refractivity contribution in [3.63, 3.8) is 0 Å². The fraction of sp³-hybridized carbons (Fsp3) is 0.273. The van der Waals surface area contributed by atoms with Crippen LogP contribution in [0.1, 0.15) is 17.1 Å². The first-order valence-corrected chi connectivity index (χ1v) is 5.04. The van der Waals surface area contributed by atoms with Gasteiger partial charge in [0.25, 0.3) is 0 Å². The highest BCUT2D eigenvalue weighted by Gasteiger charge is 2.03. The lowest BCUT2D eigenvalue weighted by atomic mass is 10.1. The maximum atomic E-state index is 5.71. The van der Waals surface area contributed by atoms with Crippen molar-refractivity contribution in [3.05, 3.63) is 35.3 Å². The fourth-order valence-corrected chi connectivity index (χ4v) is 1.63. The lowest BCUT2D eigenvalue weighted by molar-refractivity contribution is 1.03. The normalized spacial score (nSPS) is 10.8. The summed E-state index contributed by atoms with van der Waals surface area (Å²) in [7, 11) is 0. The Labute approximate surface area is 88.0 Å². The molecule has 0 bridgehead atoms. The van der Waals surface area contributed by atoms with E-state index in [2.05, 4.69) is 23.0 Å². The number of nitrogens with zero attached hydrogens (tertiary/aromatic N) is 2. The molecule has 0 saturated carbocycles. The van der Waals surface area contributed by atoms with Gasteiger partial charge in [0.15, 0.2) is 0 Å². The van der Waals surface area contributed by atoms with Crippen LogP contribution < -0.4 is 0 Å². The van der Waals surface area contributed by atoms with Crippen LogP contribution in [0.3, 0.4) is 0 Å². The summed E-state index contributed by atoms with van der Waals surface area (Å²) in [6.45, 7) is 4.05. The van der Waals surface area contributed by atoms with Crippen molar-refractivity contribution in [2.24, 2.45) is 0 Å². The molecule has 0 aliphatic rings. The number of aryl methyl sites for hydroxylation is 2. The van der Waals surface area contributed by atoms with Crippen LogP contribution in [0.4, 0.5) is 0 Å². The van der Waals surface area contributed by atoms with Gasteiger partial charge in [-0.1, -0.05) is 11.6 Å². The highest BCUT2D eigenvalue weighted by atomic mass is 35.5. The summed E-state index contributed by atoms with van der Waals surface area (Å²) in [4.78, 5) is 8.67. The molecule has 0 aliphatic heterocycles. The number of rotatable bonds is 1. The Bertz CT molecular complexity index is 480. The Morgan fingerprint density at radius 2 is 2.00 bits per heavy atom. The van der Waals surface area contributed by atoms with Crippen molar-refractivity contribution in [2.45, 2.75) is 19.7 Å². The number of hydrogen-bond donors (Lipinski definition) is 0. The number of aromatic nitrogens is 2. The van der Waals surface area contributed by atoms with Gasteiger partial charge in [-0.2, -0.15) is 0 Å². The molecule has 3 heteroatoms. The van der Waals surface area contributed by atoms with Gasteiger partial charge in [-0.05, 0) is 26.0 Å². The van der Waals surface area contributed by atoms with Crippen molar-refractivity contribution < 1.29 is 0 Å². The predicted octanol–water partition coefficient (Wildman–Crippen LogP) is 2.99. The predicted molar refractivity (Wildman–Crippen MR) is 58.6 cm³/mol. The SMILES string of the molecule is Cc1ccc2nc(CCl)nc(C)c2c1. The molecule has 0 aliphatic carbocycles. The minimum Gasteiger partial charge on any atom is -0.236 e. The topological polar surface area (TPSA) is 25.8 Å². The molecular formula is C11H11ClN2. The summed E-state index contributed by atoms with van der Waals surface area (Å²) < 4.78 is 0. The summed E-state index contributed by atoms with van der Waals surface area (Å²) in [6.07, 6.45) is 0. The average Bonchev–Trinajstić information content (AvgIpc) is 2.19. The van der Waals surface area contributed by atoms with E-state index >= 15 is 0 Å². The van der Waals surface area contributed by atoms with E-state index in [-0.39, 0.29) is 0 Å². The van der Waals surface area contributed by atoms with E-state index in [4.69, 9.17) is 11.6 Å². The van der Waals surface area contributed by atoms with Crippen LogP contribution in [0.25, 0.3) is 10.9 Å². The highest BCUT2D eigenvalue weighted by molar-refractivity contribution is 6.16. The lowest BCUT2D eigenvalue weighted by Gasteiger charge is -2.04. The third-order valence-corrected chi connectivity index (χ3v) is 2.45. The summed E-state index contributed by atoms with van der Waals surface area (Å²) in [5, 5.41) is 1.11. The van der Waals surface area contributed by atoms with E-state index in [1.165, 1.54) is 5.56 Å². The molecule has 1 heterocycles. The Morgan fingerprint density at radius 3 is 2.71 bits per heavy atom. The van der Waals surface area contributed by atoms with Crippen molar-refractivity contribution in [1.82, 2.24) is 9.97 Å². The number of fused-ring (bicyclic) bond motifs is 1. The smallest absolute Gasteiger partial charge is 0.144 e. The summed E-state index contributed by atoms with van der Waals surface area (Å²) in [5.41, 5.74) is 3.19. The second kappa shape index (κ2) is 3.54. The second-order valence-electron chi connectivity index (χ2n) is 3.38. The van der Waals surface area contributed by atoms with Crippen LogP contribution in [-0.2, 0) is 5.88 Å². The van der Waals surface area contributed by atoms with Crippen molar-refractivity contribution in [3.8, 4) is 0 Å². The molecule has 0 saturated heterocycles. The van der Waals surface area contributed by atoms with Gasteiger partial charge in [-0.3, -0.25) is 0 Å². The molecule has 0 unspecified atom stereocenters. The fourth-order valence-electron chi connectivity index (χ4n) is 1.51. The van der Waals surface area contributed by atoms with E-state index in [9.17, 15) is 0 Å².